The van der Waals surface area contributed by atoms with E-state index < -0.39 is 0 Å². The highest BCUT2D eigenvalue weighted by Crippen LogP contribution is 2.17. The van der Waals surface area contributed by atoms with E-state index in [-0.39, 0.29) is 12.7 Å². The van der Waals surface area contributed by atoms with Gasteiger partial charge in [0.15, 0.2) is 0 Å². The van der Waals surface area contributed by atoms with Crippen LogP contribution in [0.1, 0.15) is 20.8 Å². The zero-order chi connectivity index (χ0) is 9.90. The van der Waals surface area contributed by atoms with Gasteiger partial charge in [0, 0.05) is 19.6 Å². The summed E-state index contributed by atoms with van der Waals surface area (Å²) in [5, 5.41) is 8.96. The molecular weight excluding hydrogens is 166 g/mol. The smallest absolute Gasteiger partial charge is 0.0932 e. The minimum Gasteiger partial charge on any atom is -0.394 e. The molecule has 0 aromatic rings. The molecule has 1 aliphatic heterocycles. The average Bonchev–Trinajstić information content (AvgIpc) is 2.01. The van der Waals surface area contributed by atoms with E-state index in [1.807, 2.05) is 0 Å². The summed E-state index contributed by atoms with van der Waals surface area (Å²) in [5.74, 6) is 0. The lowest BCUT2D eigenvalue weighted by molar-refractivity contribution is -0.0594. The van der Waals surface area contributed by atoms with Crippen molar-refractivity contribution in [2.45, 2.75) is 26.9 Å². The standard InChI is InChI=1S/C10H21NO2/c1-10(2,3)8-11-4-5-13-9(6-11)7-12/h9,12H,4-8H2,1-3H3. The van der Waals surface area contributed by atoms with Crippen molar-refractivity contribution in [1.82, 2.24) is 4.90 Å². The molecule has 1 saturated heterocycles. The molecule has 1 atom stereocenters. The SMILES string of the molecule is CC(C)(C)CN1CCOC(CO)C1. The first-order valence-corrected chi connectivity index (χ1v) is 4.96. The monoisotopic (exact) mass is 187 g/mol. The van der Waals surface area contributed by atoms with Gasteiger partial charge in [-0.15, -0.1) is 0 Å². The lowest BCUT2D eigenvalue weighted by Crippen LogP contribution is -2.46. The quantitative estimate of drug-likeness (QED) is 0.691. The second kappa shape index (κ2) is 4.40. The summed E-state index contributed by atoms with van der Waals surface area (Å²) in [6.07, 6.45) is 0.0242. The van der Waals surface area contributed by atoms with Gasteiger partial charge in [-0.2, -0.15) is 0 Å². The predicted molar refractivity (Wildman–Crippen MR) is 52.7 cm³/mol. The van der Waals surface area contributed by atoms with E-state index in [1.165, 1.54) is 0 Å². The van der Waals surface area contributed by atoms with Crippen molar-refractivity contribution < 1.29 is 9.84 Å². The van der Waals surface area contributed by atoms with E-state index in [4.69, 9.17) is 9.84 Å². The molecule has 0 radical (unpaired) electrons. The fraction of sp³-hybridized carbons (Fsp3) is 1.00. The van der Waals surface area contributed by atoms with Crippen molar-refractivity contribution in [3.8, 4) is 0 Å². The van der Waals surface area contributed by atoms with E-state index in [0.29, 0.717) is 5.41 Å². The molecule has 1 fully saturated rings. The van der Waals surface area contributed by atoms with Gasteiger partial charge in [-0.1, -0.05) is 20.8 Å². The summed E-state index contributed by atoms with van der Waals surface area (Å²) in [4.78, 5) is 2.37. The summed E-state index contributed by atoms with van der Waals surface area (Å²) in [5.41, 5.74) is 0.331. The normalized spacial score (nSPS) is 26.3. The van der Waals surface area contributed by atoms with Crippen LogP contribution >= 0.6 is 0 Å². The molecule has 3 nitrogen and oxygen atoms in total. The molecule has 1 rings (SSSR count). The molecule has 13 heavy (non-hydrogen) atoms. The third-order valence-corrected chi connectivity index (χ3v) is 2.12. The Morgan fingerprint density at radius 2 is 2.15 bits per heavy atom. The molecule has 0 saturated carbocycles. The van der Waals surface area contributed by atoms with Gasteiger partial charge in [-0.3, -0.25) is 4.90 Å². The number of ether oxygens (including phenoxy) is 1. The van der Waals surface area contributed by atoms with Crippen LogP contribution in [0.15, 0.2) is 0 Å². The third kappa shape index (κ3) is 4.07. The van der Waals surface area contributed by atoms with Crippen molar-refractivity contribution >= 4 is 0 Å². The van der Waals surface area contributed by atoms with Crippen molar-refractivity contribution in [3.63, 3.8) is 0 Å². The van der Waals surface area contributed by atoms with Crippen LogP contribution in [-0.4, -0.2) is 49.0 Å². The maximum atomic E-state index is 8.96. The second-order valence-corrected chi connectivity index (χ2v) is 4.97. The maximum absolute atomic E-state index is 8.96. The Labute approximate surface area is 80.7 Å². The zero-order valence-electron chi connectivity index (χ0n) is 8.92. The number of hydrogen-bond acceptors (Lipinski definition) is 3. The van der Waals surface area contributed by atoms with Crippen LogP contribution in [-0.2, 0) is 4.74 Å². The lowest BCUT2D eigenvalue weighted by Gasteiger charge is -2.36. The fourth-order valence-corrected chi connectivity index (χ4v) is 1.71. The van der Waals surface area contributed by atoms with Crippen molar-refractivity contribution in [2.75, 3.05) is 32.8 Å². The highest BCUT2D eigenvalue weighted by molar-refractivity contribution is 4.75. The van der Waals surface area contributed by atoms with Gasteiger partial charge in [-0.25, -0.2) is 0 Å². The van der Waals surface area contributed by atoms with E-state index in [9.17, 15) is 0 Å². The van der Waals surface area contributed by atoms with Crippen LogP contribution in [0, 0.1) is 5.41 Å². The molecule has 1 unspecified atom stereocenters. The van der Waals surface area contributed by atoms with E-state index in [0.717, 1.165) is 26.2 Å². The Kier molecular flexibility index (Phi) is 3.71. The molecule has 0 aromatic carbocycles. The minimum absolute atomic E-state index is 0.0242. The highest BCUT2D eigenvalue weighted by Gasteiger charge is 2.23. The largest absolute Gasteiger partial charge is 0.394 e. The summed E-state index contributed by atoms with van der Waals surface area (Å²) < 4.78 is 5.38. The Hall–Kier alpha value is -0.120. The van der Waals surface area contributed by atoms with Gasteiger partial charge < -0.3 is 9.84 Å². The predicted octanol–water partition coefficient (Wildman–Crippen LogP) is 0.726. The Bertz CT molecular complexity index is 153. The Morgan fingerprint density at radius 1 is 1.46 bits per heavy atom. The number of nitrogens with zero attached hydrogens (tertiary/aromatic N) is 1. The Morgan fingerprint density at radius 3 is 2.69 bits per heavy atom. The summed E-state index contributed by atoms with van der Waals surface area (Å²) in [7, 11) is 0. The summed E-state index contributed by atoms with van der Waals surface area (Å²) in [6.45, 7) is 10.5. The van der Waals surface area contributed by atoms with Crippen molar-refractivity contribution in [3.05, 3.63) is 0 Å². The second-order valence-electron chi connectivity index (χ2n) is 4.97. The number of aliphatic hydroxyl groups is 1. The van der Waals surface area contributed by atoms with Crippen LogP contribution in [0.4, 0.5) is 0 Å². The first-order chi connectivity index (χ1) is 6.01. The highest BCUT2D eigenvalue weighted by atomic mass is 16.5. The lowest BCUT2D eigenvalue weighted by atomic mass is 9.96. The molecule has 0 aliphatic carbocycles. The molecule has 3 heteroatoms. The van der Waals surface area contributed by atoms with Crippen LogP contribution in [0.3, 0.4) is 0 Å². The fourth-order valence-electron chi connectivity index (χ4n) is 1.71. The molecule has 0 bridgehead atoms. The number of aliphatic hydroxyl groups excluding tert-OH is 1. The van der Waals surface area contributed by atoms with Gasteiger partial charge in [0.1, 0.15) is 0 Å². The molecule has 1 N–H and O–H groups in total. The Balaban J connectivity index is 2.34. The average molecular weight is 187 g/mol. The van der Waals surface area contributed by atoms with Gasteiger partial charge in [0.25, 0.3) is 0 Å². The van der Waals surface area contributed by atoms with E-state index in [2.05, 4.69) is 25.7 Å². The maximum Gasteiger partial charge on any atom is 0.0932 e. The topological polar surface area (TPSA) is 32.7 Å². The van der Waals surface area contributed by atoms with E-state index in [1.54, 1.807) is 0 Å². The van der Waals surface area contributed by atoms with Crippen molar-refractivity contribution in [2.24, 2.45) is 5.41 Å². The molecular formula is C10H21NO2. The van der Waals surface area contributed by atoms with Crippen LogP contribution in [0.5, 0.6) is 0 Å². The van der Waals surface area contributed by atoms with Gasteiger partial charge in [0.2, 0.25) is 0 Å². The summed E-state index contributed by atoms with van der Waals surface area (Å²) in [6, 6.07) is 0. The molecule has 1 aliphatic rings. The minimum atomic E-state index is 0.0242. The van der Waals surface area contributed by atoms with Gasteiger partial charge in [0.05, 0.1) is 19.3 Å². The molecule has 1 heterocycles. The zero-order valence-corrected chi connectivity index (χ0v) is 8.92. The molecule has 78 valence electrons. The molecule has 0 spiro atoms. The first kappa shape index (κ1) is 11.0. The first-order valence-electron chi connectivity index (χ1n) is 4.96. The van der Waals surface area contributed by atoms with Crippen LogP contribution < -0.4 is 0 Å². The third-order valence-electron chi connectivity index (χ3n) is 2.12. The number of morpholine rings is 1. The van der Waals surface area contributed by atoms with Crippen molar-refractivity contribution in [1.29, 1.82) is 0 Å². The number of hydrogen-bond donors (Lipinski definition) is 1. The van der Waals surface area contributed by atoms with Crippen LogP contribution in [0.25, 0.3) is 0 Å². The van der Waals surface area contributed by atoms with Gasteiger partial charge in [-0.05, 0) is 5.41 Å². The number of rotatable bonds is 2. The van der Waals surface area contributed by atoms with Crippen LogP contribution in [0.2, 0.25) is 0 Å². The van der Waals surface area contributed by atoms with Gasteiger partial charge >= 0.3 is 0 Å². The summed E-state index contributed by atoms with van der Waals surface area (Å²) >= 11 is 0. The molecule has 0 amide bonds. The van der Waals surface area contributed by atoms with E-state index >= 15 is 0 Å². The molecule has 0 aromatic heterocycles.